The highest BCUT2D eigenvalue weighted by molar-refractivity contribution is 7.96. The van der Waals surface area contributed by atoms with Crippen LogP contribution in [0.4, 0.5) is 5.69 Å². The van der Waals surface area contributed by atoms with Crippen molar-refractivity contribution >= 4 is 21.5 Å². The molecule has 0 fully saturated rings. The highest BCUT2D eigenvalue weighted by Crippen LogP contribution is 2.21. The second-order valence-electron chi connectivity index (χ2n) is 4.83. The maximum Gasteiger partial charge on any atom is 0.351 e. The zero-order valence-electron chi connectivity index (χ0n) is 12.8. The molecule has 0 amide bonds. The van der Waals surface area contributed by atoms with Crippen molar-refractivity contribution in [3.63, 3.8) is 0 Å². The minimum Gasteiger partial charge on any atom is -0.465 e. The van der Waals surface area contributed by atoms with Crippen LogP contribution in [0.5, 0.6) is 0 Å². The molecule has 0 heterocycles. The van der Waals surface area contributed by atoms with Crippen molar-refractivity contribution in [2.45, 2.75) is 11.8 Å². The van der Waals surface area contributed by atoms with Crippen molar-refractivity contribution in [2.24, 2.45) is 0 Å². The topological polar surface area (TPSA) is 72.5 Å². The van der Waals surface area contributed by atoms with Crippen LogP contribution in [0.1, 0.15) is 5.56 Å². The van der Waals surface area contributed by atoms with E-state index in [1.807, 2.05) is 13.0 Å². The van der Waals surface area contributed by atoms with E-state index in [1.54, 1.807) is 36.4 Å². The lowest BCUT2D eigenvalue weighted by molar-refractivity contribution is -0.135. The Labute approximate surface area is 135 Å². The van der Waals surface area contributed by atoms with Gasteiger partial charge in [0.2, 0.25) is 9.84 Å². The van der Waals surface area contributed by atoms with Crippen LogP contribution >= 0.6 is 0 Å². The van der Waals surface area contributed by atoms with Gasteiger partial charge in [-0.05, 0) is 31.2 Å². The molecule has 0 saturated carbocycles. The van der Waals surface area contributed by atoms with Gasteiger partial charge in [-0.3, -0.25) is 0 Å². The second kappa shape index (κ2) is 7.11. The molecule has 0 bridgehead atoms. The molecular weight excluding hydrogens is 314 g/mol. The summed E-state index contributed by atoms with van der Waals surface area (Å²) in [5, 5.41) is 2.81. The largest absolute Gasteiger partial charge is 0.465 e. The van der Waals surface area contributed by atoms with Crippen LogP contribution in [0.2, 0.25) is 0 Å². The fraction of sp³-hybridized carbons (Fsp3) is 0.118. The number of carbonyl (C=O) groups is 1. The van der Waals surface area contributed by atoms with Gasteiger partial charge in [-0.25, -0.2) is 13.2 Å². The second-order valence-corrected chi connectivity index (χ2v) is 6.75. The van der Waals surface area contributed by atoms with Crippen LogP contribution in [0.3, 0.4) is 0 Å². The molecular formula is C17H17NO4S. The molecule has 0 spiro atoms. The van der Waals surface area contributed by atoms with E-state index < -0.39 is 20.7 Å². The maximum absolute atomic E-state index is 12.7. The molecule has 2 rings (SSSR count). The average Bonchev–Trinajstić information content (AvgIpc) is 2.56. The number of anilines is 1. The molecule has 2 aromatic carbocycles. The molecule has 0 saturated heterocycles. The number of sulfone groups is 1. The molecule has 2 aromatic rings. The summed E-state index contributed by atoms with van der Waals surface area (Å²) < 4.78 is 29.9. The number of hydrogen-bond donors (Lipinski definition) is 1. The Morgan fingerprint density at radius 3 is 2.22 bits per heavy atom. The van der Waals surface area contributed by atoms with E-state index in [4.69, 9.17) is 0 Å². The third kappa shape index (κ3) is 3.98. The summed E-state index contributed by atoms with van der Waals surface area (Å²) >= 11 is 0. The van der Waals surface area contributed by atoms with Gasteiger partial charge >= 0.3 is 5.97 Å². The van der Waals surface area contributed by atoms with Gasteiger partial charge in [-0.15, -0.1) is 0 Å². The number of hydrogen-bond acceptors (Lipinski definition) is 5. The first kappa shape index (κ1) is 16.8. The fourth-order valence-electron chi connectivity index (χ4n) is 1.87. The Hall–Kier alpha value is -2.60. The minimum atomic E-state index is -3.98. The van der Waals surface area contributed by atoms with Crippen molar-refractivity contribution in [3.8, 4) is 0 Å². The predicted octanol–water partition coefficient (Wildman–Crippen LogP) is 2.90. The lowest BCUT2D eigenvalue weighted by Crippen LogP contribution is -2.17. The van der Waals surface area contributed by atoms with Crippen molar-refractivity contribution in [2.75, 3.05) is 12.4 Å². The average molecular weight is 331 g/mol. The number of nitrogens with one attached hydrogen (secondary N) is 1. The van der Waals surface area contributed by atoms with Gasteiger partial charge in [-0.1, -0.05) is 35.9 Å². The summed E-state index contributed by atoms with van der Waals surface area (Å²) in [5.41, 5.74) is 1.59. The number of esters is 1. The van der Waals surface area contributed by atoms with Crippen molar-refractivity contribution in [3.05, 3.63) is 71.3 Å². The van der Waals surface area contributed by atoms with Gasteiger partial charge in [0.15, 0.2) is 4.91 Å². The summed E-state index contributed by atoms with van der Waals surface area (Å²) in [6, 6.07) is 15.2. The maximum atomic E-state index is 12.7. The van der Waals surface area contributed by atoms with Gasteiger partial charge in [0.25, 0.3) is 0 Å². The van der Waals surface area contributed by atoms with Gasteiger partial charge < -0.3 is 10.1 Å². The van der Waals surface area contributed by atoms with E-state index in [2.05, 4.69) is 10.1 Å². The molecule has 120 valence electrons. The number of methoxy groups -OCH3 is 1. The molecule has 1 N–H and O–H groups in total. The van der Waals surface area contributed by atoms with Crippen molar-refractivity contribution in [1.29, 1.82) is 0 Å². The van der Waals surface area contributed by atoms with E-state index in [0.717, 1.165) is 18.9 Å². The van der Waals surface area contributed by atoms with Crippen molar-refractivity contribution < 1.29 is 17.9 Å². The summed E-state index contributed by atoms with van der Waals surface area (Å²) in [4.78, 5) is 11.5. The molecule has 0 atom stereocenters. The molecule has 0 unspecified atom stereocenters. The number of ether oxygens (including phenoxy) is 1. The standard InChI is InChI=1S/C17H17NO4S/c1-13-8-10-15(11-9-13)23(20,21)16(17(19)22-2)12-18-14-6-4-3-5-7-14/h3-12,18H,1-2H3. The van der Waals surface area contributed by atoms with Crippen LogP contribution in [0.25, 0.3) is 0 Å². The summed E-state index contributed by atoms with van der Waals surface area (Å²) in [7, 11) is -2.83. The van der Waals surface area contributed by atoms with E-state index in [9.17, 15) is 13.2 Å². The number of carbonyl (C=O) groups excluding carboxylic acids is 1. The lowest BCUT2D eigenvalue weighted by atomic mass is 10.2. The molecule has 0 radical (unpaired) electrons. The summed E-state index contributed by atoms with van der Waals surface area (Å²) in [5.74, 6) is -0.922. The SMILES string of the molecule is COC(=O)C(=CNc1ccccc1)S(=O)(=O)c1ccc(C)cc1. The Morgan fingerprint density at radius 1 is 1.04 bits per heavy atom. The predicted molar refractivity (Wildman–Crippen MR) is 88.5 cm³/mol. The van der Waals surface area contributed by atoms with E-state index in [0.29, 0.717) is 5.69 Å². The zero-order valence-corrected chi connectivity index (χ0v) is 13.6. The van der Waals surface area contributed by atoms with Crippen LogP contribution < -0.4 is 5.32 Å². The van der Waals surface area contributed by atoms with E-state index in [1.165, 1.54) is 12.1 Å². The number of benzene rings is 2. The van der Waals surface area contributed by atoms with Gasteiger partial charge in [0, 0.05) is 11.9 Å². The molecule has 0 aliphatic rings. The van der Waals surface area contributed by atoms with Crippen LogP contribution in [-0.2, 0) is 19.4 Å². The number of aryl methyl sites for hydroxylation is 1. The Morgan fingerprint density at radius 2 is 1.65 bits per heavy atom. The quantitative estimate of drug-likeness (QED) is 0.674. The molecule has 5 nitrogen and oxygen atoms in total. The first-order valence-corrected chi connectivity index (χ1v) is 8.35. The smallest absolute Gasteiger partial charge is 0.351 e. The number of rotatable bonds is 5. The molecule has 0 aliphatic carbocycles. The summed E-state index contributed by atoms with van der Waals surface area (Å²) in [6.07, 6.45) is 1.15. The first-order valence-electron chi connectivity index (χ1n) is 6.87. The van der Waals surface area contributed by atoms with Crippen molar-refractivity contribution in [1.82, 2.24) is 0 Å². The summed E-state index contributed by atoms with van der Waals surface area (Å²) in [6.45, 7) is 1.85. The fourth-order valence-corrected chi connectivity index (χ4v) is 3.14. The van der Waals surface area contributed by atoms with E-state index in [-0.39, 0.29) is 4.90 Å². The molecule has 0 aromatic heterocycles. The van der Waals surface area contributed by atoms with Crippen LogP contribution in [-0.4, -0.2) is 21.5 Å². The normalized spacial score (nSPS) is 11.8. The monoisotopic (exact) mass is 331 g/mol. The van der Waals surface area contributed by atoms with Crippen LogP contribution in [0, 0.1) is 6.92 Å². The van der Waals surface area contributed by atoms with E-state index >= 15 is 0 Å². The first-order chi connectivity index (χ1) is 10.9. The van der Waals surface area contributed by atoms with Gasteiger partial charge in [-0.2, -0.15) is 0 Å². The molecule has 23 heavy (non-hydrogen) atoms. The Bertz CT molecular complexity index is 809. The zero-order chi connectivity index (χ0) is 16.9. The Kier molecular flexibility index (Phi) is 5.18. The van der Waals surface area contributed by atoms with Gasteiger partial charge in [0.05, 0.1) is 12.0 Å². The van der Waals surface area contributed by atoms with Crippen LogP contribution in [0.15, 0.2) is 70.6 Å². The molecule has 6 heteroatoms. The third-order valence-electron chi connectivity index (χ3n) is 3.15. The highest BCUT2D eigenvalue weighted by atomic mass is 32.2. The molecule has 0 aliphatic heterocycles. The minimum absolute atomic E-state index is 0.0367. The third-order valence-corrected chi connectivity index (χ3v) is 4.91. The van der Waals surface area contributed by atoms with Gasteiger partial charge in [0.1, 0.15) is 0 Å². The lowest BCUT2D eigenvalue weighted by Gasteiger charge is -2.09. The highest BCUT2D eigenvalue weighted by Gasteiger charge is 2.27. The Balaban J connectivity index is 2.41. The number of para-hydroxylation sites is 1.